The molecule has 0 aliphatic heterocycles. The van der Waals surface area contributed by atoms with Crippen LogP contribution < -0.4 is 9.04 Å². The maximum Gasteiger partial charge on any atom is 0.326 e. The van der Waals surface area contributed by atoms with Gasteiger partial charge >= 0.3 is 5.97 Å². The molecule has 0 atom stereocenters. The third kappa shape index (κ3) is 4.20. The number of nitrogens with zero attached hydrogens (tertiary/aromatic N) is 1. The zero-order valence-electron chi connectivity index (χ0n) is 13.7. The molecule has 0 aromatic heterocycles. The number of anilines is 1. The Hall–Kier alpha value is -2.03. The Labute approximate surface area is 160 Å². The zero-order valence-corrected chi connectivity index (χ0v) is 16.0. The third-order valence-electron chi connectivity index (χ3n) is 3.39. The highest BCUT2D eigenvalue weighted by atomic mass is 35.5. The Bertz CT molecular complexity index is 936. The smallest absolute Gasteiger partial charge is 0.326 e. The van der Waals surface area contributed by atoms with Gasteiger partial charge in [0.1, 0.15) is 6.54 Å². The van der Waals surface area contributed by atoms with Crippen molar-refractivity contribution in [3.8, 4) is 5.75 Å². The van der Waals surface area contributed by atoms with Gasteiger partial charge in [-0.2, -0.15) is 0 Å². The molecule has 2 aromatic rings. The molecule has 0 amide bonds. The van der Waals surface area contributed by atoms with Gasteiger partial charge in [0, 0.05) is 5.02 Å². The minimum atomic E-state index is -4.35. The number of hydrogen-bond donors (Lipinski definition) is 0. The molecular weight excluding hydrogens is 408 g/mol. The average Bonchev–Trinajstić information content (AvgIpc) is 2.61. The molecule has 0 saturated heterocycles. The van der Waals surface area contributed by atoms with E-state index in [0.29, 0.717) is 4.31 Å². The van der Waals surface area contributed by atoms with Gasteiger partial charge in [-0.1, -0.05) is 23.2 Å². The number of carbonyl (C=O) groups is 1. The van der Waals surface area contributed by atoms with Gasteiger partial charge in [0.2, 0.25) is 0 Å². The molecule has 0 radical (unpaired) electrons. The van der Waals surface area contributed by atoms with E-state index >= 15 is 0 Å². The van der Waals surface area contributed by atoms with E-state index < -0.39 is 33.3 Å². The largest absolute Gasteiger partial charge is 0.494 e. The predicted octanol–water partition coefficient (Wildman–Crippen LogP) is 3.51. The highest BCUT2D eigenvalue weighted by Gasteiger charge is 2.30. The Morgan fingerprint density at radius 1 is 1.15 bits per heavy atom. The molecule has 0 fully saturated rings. The normalized spacial score (nSPS) is 11.1. The van der Waals surface area contributed by atoms with Gasteiger partial charge in [0.05, 0.1) is 29.8 Å². The van der Waals surface area contributed by atoms with Crippen molar-refractivity contribution in [3.05, 3.63) is 52.3 Å². The van der Waals surface area contributed by atoms with Gasteiger partial charge in [0.15, 0.2) is 11.6 Å². The Balaban J connectivity index is 2.61. The van der Waals surface area contributed by atoms with E-state index in [-0.39, 0.29) is 21.5 Å². The first kappa shape index (κ1) is 20.3. The maximum atomic E-state index is 14.0. The summed E-state index contributed by atoms with van der Waals surface area (Å²) in [5.41, 5.74) is -0.0409. The summed E-state index contributed by atoms with van der Waals surface area (Å²) in [5, 5.41) is 0.242. The van der Waals surface area contributed by atoms with Crippen molar-refractivity contribution >= 4 is 44.9 Å². The lowest BCUT2D eigenvalue weighted by Crippen LogP contribution is -2.36. The monoisotopic (exact) mass is 421 g/mol. The first-order valence-electron chi connectivity index (χ1n) is 7.09. The molecule has 10 heteroatoms. The zero-order chi connectivity index (χ0) is 19.5. The molecule has 0 aliphatic carbocycles. The summed E-state index contributed by atoms with van der Waals surface area (Å²) in [6, 6.07) is 7.23. The summed E-state index contributed by atoms with van der Waals surface area (Å²) in [6.07, 6.45) is 0. The predicted molar refractivity (Wildman–Crippen MR) is 96.0 cm³/mol. The van der Waals surface area contributed by atoms with Crippen LogP contribution in [-0.2, 0) is 19.6 Å². The van der Waals surface area contributed by atoms with Crippen LogP contribution in [0.25, 0.3) is 0 Å². The number of benzene rings is 2. The highest BCUT2D eigenvalue weighted by molar-refractivity contribution is 7.92. The Morgan fingerprint density at radius 2 is 1.85 bits per heavy atom. The summed E-state index contributed by atoms with van der Waals surface area (Å²) in [7, 11) is -1.99. The van der Waals surface area contributed by atoms with Crippen molar-refractivity contribution in [2.24, 2.45) is 0 Å². The maximum absolute atomic E-state index is 14.0. The van der Waals surface area contributed by atoms with Gasteiger partial charge in [-0.15, -0.1) is 0 Å². The number of carbonyl (C=O) groups excluding carboxylic acids is 1. The van der Waals surface area contributed by atoms with Crippen LogP contribution in [0.4, 0.5) is 10.1 Å². The van der Waals surface area contributed by atoms with Gasteiger partial charge in [-0.3, -0.25) is 9.10 Å². The van der Waals surface area contributed by atoms with Crippen LogP contribution >= 0.6 is 23.2 Å². The summed E-state index contributed by atoms with van der Waals surface area (Å²) < 4.78 is 50.0. The molecule has 0 aliphatic rings. The fourth-order valence-electron chi connectivity index (χ4n) is 2.09. The number of methoxy groups -OCH3 is 2. The number of sulfonamides is 1. The fourth-order valence-corrected chi connectivity index (χ4v) is 3.96. The average molecular weight is 422 g/mol. The number of halogens is 3. The van der Waals surface area contributed by atoms with E-state index in [1.54, 1.807) is 0 Å². The van der Waals surface area contributed by atoms with Crippen molar-refractivity contribution in [2.45, 2.75) is 4.90 Å². The van der Waals surface area contributed by atoms with E-state index in [1.807, 2.05) is 0 Å². The minimum absolute atomic E-state index is 0.0378. The lowest BCUT2D eigenvalue weighted by molar-refractivity contribution is -0.138. The SMILES string of the molecule is COC(=O)CN(c1cc(Cl)ccc1Cl)S(=O)(=O)c1ccc(OC)c(F)c1. The lowest BCUT2D eigenvalue weighted by Gasteiger charge is -2.24. The quantitative estimate of drug-likeness (QED) is 0.667. The Kier molecular flexibility index (Phi) is 6.33. The topological polar surface area (TPSA) is 72.9 Å². The van der Waals surface area contributed by atoms with E-state index in [4.69, 9.17) is 27.9 Å². The first-order chi connectivity index (χ1) is 12.2. The molecule has 26 heavy (non-hydrogen) atoms. The minimum Gasteiger partial charge on any atom is -0.494 e. The number of ether oxygens (including phenoxy) is 2. The molecule has 0 heterocycles. The van der Waals surface area contributed by atoms with Crippen LogP contribution in [-0.4, -0.2) is 35.2 Å². The summed E-state index contributed by atoms with van der Waals surface area (Å²) >= 11 is 12.0. The van der Waals surface area contributed by atoms with Crippen molar-refractivity contribution in [1.82, 2.24) is 0 Å². The third-order valence-corrected chi connectivity index (χ3v) is 5.70. The fraction of sp³-hybridized carbons (Fsp3) is 0.188. The molecule has 0 unspecified atom stereocenters. The second-order valence-corrected chi connectivity index (χ2v) is 7.69. The van der Waals surface area contributed by atoms with E-state index in [0.717, 1.165) is 25.3 Å². The second-order valence-electron chi connectivity index (χ2n) is 4.98. The standard InChI is InChI=1S/C16H14Cl2FNO5S/c1-24-15-6-4-11(8-13(15)19)26(22,23)20(9-16(21)25-2)14-7-10(17)3-5-12(14)18/h3-8H,9H2,1-2H3. The van der Waals surface area contributed by atoms with E-state index in [1.165, 1.54) is 25.3 Å². The molecular formula is C16H14Cl2FNO5S. The first-order valence-corrected chi connectivity index (χ1v) is 9.28. The van der Waals surface area contributed by atoms with Crippen LogP contribution in [0.5, 0.6) is 5.75 Å². The highest BCUT2D eigenvalue weighted by Crippen LogP contribution is 2.33. The molecule has 0 saturated carbocycles. The lowest BCUT2D eigenvalue weighted by atomic mass is 10.3. The van der Waals surface area contributed by atoms with Crippen molar-refractivity contribution in [2.75, 3.05) is 25.1 Å². The van der Waals surface area contributed by atoms with E-state index in [9.17, 15) is 17.6 Å². The molecule has 2 rings (SSSR count). The van der Waals surface area contributed by atoms with Crippen LogP contribution in [0.1, 0.15) is 0 Å². The van der Waals surface area contributed by atoms with Crippen LogP contribution in [0.2, 0.25) is 10.0 Å². The van der Waals surface area contributed by atoms with Gasteiger partial charge in [-0.25, -0.2) is 12.8 Å². The van der Waals surface area contributed by atoms with Gasteiger partial charge in [-0.05, 0) is 36.4 Å². The van der Waals surface area contributed by atoms with Crippen LogP contribution in [0.15, 0.2) is 41.3 Å². The second kappa shape index (κ2) is 8.11. The molecule has 140 valence electrons. The Morgan fingerprint density at radius 3 is 2.42 bits per heavy atom. The number of rotatable bonds is 6. The van der Waals surface area contributed by atoms with Crippen LogP contribution in [0.3, 0.4) is 0 Å². The summed E-state index contributed by atoms with van der Waals surface area (Å²) in [6.45, 7) is -0.674. The molecule has 6 nitrogen and oxygen atoms in total. The van der Waals surface area contributed by atoms with Crippen LogP contribution in [0, 0.1) is 5.82 Å². The molecule has 0 bridgehead atoms. The van der Waals surface area contributed by atoms with Gasteiger partial charge in [0.25, 0.3) is 10.0 Å². The van der Waals surface area contributed by atoms with Crippen molar-refractivity contribution < 1.29 is 27.1 Å². The summed E-state index contributed by atoms with van der Waals surface area (Å²) in [5.74, 6) is -1.83. The molecule has 2 aromatic carbocycles. The number of esters is 1. The van der Waals surface area contributed by atoms with Gasteiger partial charge < -0.3 is 9.47 Å². The molecule has 0 N–H and O–H groups in total. The van der Waals surface area contributed by atoms with E-state index in [2.05, 4.69) is 4.74 Å². The van der Waals surface area contributed by atoms with Crippen molar-refractivity contribution in [3.63, 3.8) is 0 Å². The van der Waals surface area contributed by atoms with Crippen molar-refractivity contribution in [1.29, 1.82) is 0 Å². The number of hydrogen-bond acceptors (Lipinski definition) is 5. The molecule has 0 spiro atoms. The summed E-state index contributed by atoms with van der Waals surface area (Å²) in [4.78, 5) is 11.3.